The van der Waals surface area contributed by atoms with Crippen LogP contribution in [0.25, 0.3) is 78.5 Å². The van der Waals surface area contributed by atoms with Crippen molar-refractivity contribution in [3.63, 3.8) is 0 Å². The zero-order chi connectivity index (χ0) is 57.9. The normalized spacial score (nSPS) is 13.1. The number of oxazole rings is 2. The Morgan fingerprint density at radius 1 is 0.241 bits per heavy atom. The Kier molecular flexibility index (Phi) is 11.3. The third-order valence-electron chi connectivity index (χ3n) is 17.4. The highest BCUT2D eigenvalue weighted by molar-refractivity contribution is 6.22. The lowest BCUT2D eigenvalue weighted by molar-refractivity contribution is 0.619. The van der Waals surface area contributed by atoms with Crippen LogP contribution in [0.2, 0.25) is 0 Å². The number of fused-ring (bicyclic) bond motifs is 8. The van der Waals surface area contributed by atoms with E-state index < -0.39 is 0 Å². The number of anilines is 15. The van der Waals surface area contributed by atoms with E-state index >= 15 is 0 Å². The molecule has 14 aromatic rings. The quantitative estimate of drug-likeness (QED) is 0.147. The van der Waals surface area contributed by atoms with Crippen LogP contribution in [0.5, 0.6) is 0 Å². The van der Waals surface area contributed by atoms with Crippen LogP contribution in [-0.2, 0) is 0 Å². The van der Waals surface area contributed by atoms with Gasteiger partial charge < -0.3 is 38.2 Å². The summed E-state index contributed by atoms with van der Waals surface area (Å²) in [6, 6.07) is 97.5. The fourth-order valence-electron chi connectivity index (χ4n) is 13.5. The maximum Gasteiger partial charge on any atom is 0.227 e. The topological polar surface area (TPSA) is 71.5 Å². The molecule has 10 heteroatoms. The van der Waals surface area contributed by atoms with Crippen LogP contribution in [0.15, 0.2) is 282 Å². The Balaban J connectivity index is 1.15. The maximum absolute atomic E-state index is 6.71. The summed E-state index contributed by atoms with van der Waals surface area (Å²) in [7, 11) is 6.54. The predicted octanol–water partition coefficient (Wildman–Crippen LogP) is 21.0. The molecule has 0 radical (unpaired) electrons. The lowest BCUT2D eigenvalue weighted by Crippen LogP contribution is -2.31. The van der Waals surface area contributed by atoms with Gasteiger partial charge in [0.05, 0.1) is 85.3 Å². The van der Waals surface area contributed by atoms with Gasteiger partial charge in [-0.25, -0.2) is 9.97 Å². The van der Waals surface area contributed by atoms with Crippen molar-refractivity contribution in [2.24, 2.45) is 0 Å². The van der Waals surface area contributed by atoms with Crippen LogP contribution in [-0.4, -0.2) is 31.1 Å². The van der Waals surface area contributed by atoms with Crippen LogP contribution in [0.4, 0.5) is 85.3 Å². The molecule has 0 atom stereocenters. The first kappa shape index (κ1) is 49.9. The molecule has 0 fully saturated rings. The molecule has 0 saturated carbocycles. The fraction of sp³-hybridized carbons (Fsp3) is 0.0390. The number of para-hydroxylation sites is 16. The minimum atomic E-state index is 0.530. The Morgan fingerprint density at radius 2 is 0.517 bits per heavy atom. The second-order valence-electron chi connectivity index (χ2n) is 22.3. The van der Waals surface area contributed by atoms with Gasteiger partial charge in [-0.1, -0.05) is 152 Å². The van der Waals surface area contributed by atoms with Crippen molar-refractivity contribution in [3.05, 3.63) is 273 Å². The van der Waals surface area contributed by atoms with Crippen LogP contribution >= 0.6 is 0 Å². The summed E-state index contributed by atoms with van der Waals surface area (Å²) < 4.78 is 13.4. The summed E-state index contributed by atoms with van der Waals surface area (Å²) in [5.74, 6) is 1.06. The van der Waals surface area contributed by atoms with Crippen molar-refractivity contribution >= 4 is 108 Å². The first-order chi connectivity index (χ1) is 42.9. The van der Waals surface area contributed by atoms with Gasteiger partial charge in [0, 0.05) is 49.0 Å². The molecular formula is C77H54N8O2. The van der Waals surface area contributed by atoms with Crippen molar-refractivity contribution in [3.8, 4) is 56.3 Å². The minimum Gasteiger partial charge on any atom is -0.436 e. The second-order valence-corrected chi connectivity index (χ2v) is 22.3. The van der Waals surface area contributed by atoms with Gasteiger partial charge in [0.15, 0.2) is 11.2 Å². The molecule has 414 valence electrons. The van der Waals surface area contributed by atoms with Crippen molar-refractivity contribution in [1.29, 1.82) is 0 Å². The van der Waals surface area contributed by atoms with E-state index in [1.54, 1.807) is 0 Å². The SMILES string of the molecule is CN1c2ccccc2N(c2c(-c3ccccc3)c(-c3cccc(-c4nc5ccccc5o4)c3)c(-c3cccc(-c4nc5ccccc5o4)c3)c(N3c4ccccc4N(C)c4ccccc43)c2N2c3ccccc3N(C)c3ccccc32)c2ccccc21. The molecule has 0 N–H and O–H groups in total. The highest BCUT2D eigenvalue weighted by atomic mass is 16.4. The number of benzene rings is 12. The number of nitrogens with zero attached hydrogens (tertiary/aromatic N) is 8. The van der Waals surface area contributed by atoms with Crippen LogP contribution < -0.4 is 29.4 Å². The smallest absolute Gasteiger partial charge is 0.227 e. The van der Waals surface area contributed by atoms with Gasteiger partial charge in [-0.3, -0.25) is 0 Å². The standard InChI is InChI=1S/C77H54N8O2/c1-80-56-33-9-15-39-62(56)83(63-40-16-10-34-57(63)80)73-71(49-25-5-4-6-26-49)70(50-27-23-29-52(47-50)76-78-54-31-7-21-45-68(54)86-76)72(51-28-24-30-53(48-51)77-79-55-32-8-22-46-69(55)87-77)74(84-64-41-17-11-35-58(64)81(2)59-36-12-18-42-65(59)84)75(73)85-66-43-19-13-37-60(66)82(3)61-38-14-20-44-67(61)85/h4-48H,1-3H3. The number of rotatable bonds is 8. The van der Waals surface area contributed by atoms with Crippen molar-refractivity contribution in [1.82, 2.24) is 9.97 Å². The summed E-state index contributed by atoms with van der Waals surface area (Å²) in [5, 5.41) is 0. The number of hydrogen-bond acceptors (Lipinski definition) is 10. The van der Waals surface area contributed by atoms with E-state index in [0.29, 0.717) is 11.8 Å². The van der Waals surface area contributed by atoms with Crippen molar-refractivity contribution < 1.29 is 8.83 Å². The number of hydrogen-bond donors (Lipinski definition) is 0. The summed E-state index contributed by atoms with van der Waals surface area (Å²) in [6.07, 6.45) is 0. The zero-order valence-corrected chi connectivity index (χ0v) is 47.9. The molecule has 0 amide bonds. The molecule has 0 saturated heterocycles. The molecule has 3 aliphatic rings. The molecule has 17 rings (SSSR count). The summed E-state index contributed by atoms with van der Waals surface area (Å²) >= 11 is 0. The van der Waals surface area contributed by atoms with E-state index in [-0.39, 0.29) is 0 Å². The fourth-order valence-corrected chi connectivity index (χ4v) is 13.5. The van der Waals surface area contributed by atoms with E-state index in [1.165, 1.54) is 0 Å². The van der Waals surface area contributed by atoms with Crippen molar-refractivity contribution in [2.45, 2.75) is 0 Å². The Morgan fingerprint density at radius 3 is 0.885 bits per heavy atom. The first-order valence-corrected chi connectivity index (χ1v) is 29.3. The summed E-state index contributed by atoms with van der Waals surface area (Å²) in [5.41, 5.74) is 25.9. The predicted molar refractivity (Wildman–Crippen MR) is 357 cm³/mol. The largest absolute Gasteiger partial charge is 0.436 e. The first-order valence-electron chi connectivity index (χ1n) is 29.3. The van der Waals surface area contributed by atoms with Gasteiger partial charge in [-0.05, 0) is 138 Å². The van der Waals surface area contributed by atoms with E-state index in [0.717, 1.165) is 152 Å². The summed E-state index contributed by atoms with van der Waals surface area (Å²) in [4.78, 5) is 24.9. The van der Waals surface area contributed by atoms with Gasteiger partial charge >= 0.3 is 0 Å². The monoisotopic (exact) mass is 1120 g/mol. The molecule has 3 aliphatic heterocycles. The maximum atomic E-state index is 6.71. The third kappa shape index (κ3) is 7.74. The third-order valence-corrected chi connectivity index (χ3v) is 17.4. The van der Waals surface area contributed by atoms with E-state index in [4.69, 9.17) is 18.8 Å². The molecule has 0 unspecified atom stereocenters. The molecule has 10 nitrogen and oxygen atoms in total. The molecule has 87 heavy (non-hydrogen) atoms. The van der Waals surface area contributed by atoms with E-state index in [2.05, 4.69) is 275 Å². The van der Waals surface area contributed by atoms with Crippen LogP contribution in [0.1, 0.15) is 0 Å². The lowest BCUT2D eigenvalue weighted by atomic mass is 9.81. The van der Waals surface area contributed by atoms with Crippen LogP contribution in [0, 0.1) is 0 Å². The van der Waals surface area contributed by atoms with Gasteiger partial charge in [-0.15, -0.1) is 0 Å². The molecule has 0 bridgehead atoms. The van der Waals surface area contributed by atoms with Gasteiger partial charge in [0.2, 0.25) is 11.8 Å². The van der Waals surface area contributed by atoms with E-state index in [9.17, 15) is 0 Å². The van der Waals surface area contributed by atoms with Crippen LogP contribution in [0.3, 0.4) is 0 Å². The molecular weight excluding hydrogens is 1070 g/mol. The average Bonchev–Trinajstić information content (AvgIpc) is 1.99. The van der Waals surface area contributed by atoms with E-state index in [1.807, 2.05) is 48.5 Å². The Hall–Kier alpha value is -11.6. The van der Waals surface area contributed by atoms with Gasteiger partial charge in [0.25, 0.3) is 0 Å². The van der Waals surface area contributed by atoms with Gasteiger partial charge in [-0.2, -0.15) is 0 Å². The average molecular weight is 1120 g/mol. The Bertz CT molecular complexity index is 4860. The van der Waals surface area contributed by atoms with Gasteiger partial charge in [0.1, 0.15) is 11.0 Å². The molecule has 5 heterocycles. The molecule has 0 spiro atoms. The molecule has 2 aromatic heterocycles. The number of aromatic nitrogens is 2. The molecule has 12 aromatic carbocycles. The summed E-state index contributed by atoms with van der Waals surface area (Å²) in [6.45, 7) is 0. The minimum absolute atomic E-state index is 0.530. The zero-order valence-electron chi connectivity index (χ0n) is 47.9. The lowest BCUT2D eigenvalue weighted by Gasteiger charge is -2.47. The second kappa shape index (κ2) is 19.8. The van der Waals surface area contributed by atoms with Crippen molar-refractivity contribution in [2.75, 3.05) is 50.5 Å². The highest BCUT2D eigenvalue weighted by Crippen LogP contribution is 2.68. The highest BCUT2D eigenvalue weighted by Gasteiger charge is 2.43. The molecule has 0 aliphatic carbocycles. The Labute approximate surface area is 503 Å².